The zero-order chi connectivity index (χ0) is 12.8. The van der Waals surface area contributed by atoms with Crippen molar-refractivity contribution in [1.29, 1.82) is 0 Å². The zero-order valence-corrected chi connectivity index (χ0v) is 11.9. The molecule has 0 aliphatic rings. The van der Waals surface area contributed by atoms with Crippen LogP contribution in [-0.2, 0) is 0 Å². The van der Waals surface area contributed by atoms with Crippen molar-refractivity contribution < 1.29 is 9.53 Å². The maximum absolute atomic E-state index is 12.4. The summed E-state index contributed by atoms with van der Waals surface area (Å²) in [6, 6.07) is 1.84. The fraction of sp³-hybridized carbons (Fsp3) is 0.500. The van der Waals surface area contributed by atoms with Crippen molar-refractivity contribution in [3.05, 3.63) is 24.0 Å². The average molecular weight is 301 g/mol. The van der Waals surface area contributed by atoms with Gasteiger partial charge in [-0.05, 0) is 19.9 Å². The van der Waals surface area contributed by atoms with Crippen LogP contribution in [0.4, 0.5) is 0 Å². The molecule has 1 rings (SSSR count). The molecular formula is C12H17BrN2O2. The minimum Gasteiger partial charge on any atom is -0.494 e. The van der Waals surface area contributed by atoms with Crippen molar-refractivity contribution >= 4 is 21.8 Å². The standard InChI is InChI=1S/C12H17BrN2O2/c1-9(2)15(7-5-13)12(16)10-4-6-14-8-11(10)17-3/h4,6,8-9H,5,7H2,1-3H3. The normalized spacial score (nSPS) is 10.4. The van der Waals surface area contributed by atoms with Crippen LogP contribution in [0.25, 0.3) is 0 Å². The molecule has 0 bridgehead atoms. The van der Waals surface area contributed by atoms with E-state index >= 15 is 0 Å². The van der Waals surface area contributed by atoms with Crippen LogP contribution < -0.4 is 4.74 Å². The van der Waals surface area contributed by atoms with Gasteiger partial charge in [-0.2, -0.15) is 0 Å². The largest absolute Gasteiger partial charge is 0.494 e. The summed E-state index contributed by atoms with van der Waals surface area (Å²) in [4.78, 5) is 18.1. The molecule has 0 aromatic carbocycles. The lowest BCUT2D eigenvalue weighted by atomic mass is 10.2. The second-order valence-corrected chi connectivity index (χ2v) is 4.65. The van der Waals surface area contributed by atoms with E-state index in [-0.39, 0.29) is 11.9 Å². The highest BCUT2D eigenvalue weighted by atomic mass is 79.9. The van der Waals surface area contributed by atoms with Crippen LogP contribution in [-0.4, -0.2) is 40.8 Å². The predicted molar refractivity (Wildman–Crippen MR) is 70.8 cm³/mol. The van der Waals surface area contributed by atoms with Gasteiger partial charge in [0.1, 0.15) is 5.75 Å². The van der Waals surface area contributed by atoms with Gasteiger partial charge in [0.2, 0.25) is 0 Å². The van der Waals surface area contributed by atoms with Gasteiger partial charge in [0.25, 0.3) is 5.91 Å². The lowest BCUT2D eigenvalue weighted by Gasteiger charge is -2.26. The summed E-state index contributed by atoms with van der Waals surface area (Å²) in [6.07, 6.45) is 3.16. The third-order valence-corrected chi connectivity index (χ3v) is 2.80. The maximum atomic E-state index is 12.4. The van der Waals surface area contributed by atoms with Gasteiger partial charge in [-0.1, -0.05) is 15.9 Å². The quantitative estimate of drug-likeness (QED) is 0.784. The SMILES string of the molecule is COc1cnccc1C(=O)N(CCBr)C(C)C. The first kappa shape index (κ1) is 14.0. The Morgan fingerprint density at radius 3 is 2.82 bits per heavy atom. The van der Waals surface area contributed by atoms with Crippen molar-refractivity contribution in [3.8, 4) is 5.75 Å². The number of amides is 1. The molecule has 0 aliphatic heterocycles. The van der Waals surface area contributed by atoms with E-state index in [0.717, 1.165) is 5.33 Å². The minimum absolute atomic E-state index is 0.0290. The molecule has 1 heterocycles. The summed E-state index contributed by atoms with van der Waals surface area (Å²) in [5.41, 5.74) is 0.553. The number of alkyl halides is 1. The number of pyridine rings is 1. The van der Waals surface area contributed by atoms with E-state index in [9.17, 15) is 4.79 Å². The van der Waals surface area contributed by atoms with Gasteiger partial charge in [0.15, 0.2) is 0 Å². The summed E-state index contributed by atoms with van der Waals surface area (Å²) in [5, 5.41) is 0.754. The van der Waals surface area contributed by atoms with Gasteiger partial charge >= 0.3 is 0 Å². The minimum atomic E-state index is -0.0290. The smallest absolute Gasteiger partial charge is 0.257 e. The number of halogens is 1. The number of rotatable bonds is 5. The Morgan fingerprint density at radius 1 is 1.59 bits per heavy atom. The highest BCUT2D eigenvalue weighted by Crippen LogP contribution is 2.19. The molecule has 0 aliphatic carbocycles. The summed E-state index contributed by atoms with van der Waals surface area (Å²) in [6.45, 7) is 4.66. The van der Waals surface area contributed by atoms with Crippen LogP contribution in [0.1, 0.15) is 24.2 Å². The Balaban J connectivity index is 3.00. The van der Waals surface area contributed by atoms with Crippen molar-refractivity contribution in [2.75, 3.05) is 19.0 Å². The lowest BCUT2D eigenvalue weighted by molar-refractivity contribution is 0.0716. The monoisotopic (exact) mass is 300 g/mol. The van der Waals surface area contributed by atoms with E-state index in [4.69, 9.17) is 4.74 Å². The molecule has 4 nitrogen and oxygen atoms in total. The molecular weight excluding hydrogens is 284 g/mol. The first-order valence-electron chi connectivity index (χ1n) is 5.46. The van der Waals surface area contributed by atoms with Crippen LogP contribution in [0, 0.1) is 0 Å². The first-order valence-corrected chi connectivity index (χ1v) is 6.59. The van der Waals surface area contributed by atoms with E-state index < -0.39 is 0 Å². The fourth-order valence-electron chi connectivity index (χ4n) is 1.56. The second-order valence-electron chi connectivity index (χ2n) is 3.86. The Kier molecular flexibility index (Phi) is 5.41. The summed E-state index contributed by atoms with van der Waals surface area (Å²) >= 11 is 3.36. The fourth-order valence-corrected chi connectivity index (χ4v) is 1.94. The van der Waals surface area contributed by atoms with Crippen molar-refractivity contribution in [2.24, 2.45) is 0 Å². The number of aromatic nitrogens is 1. The van der Waals surface area contributed by atoms with Crippen molar-refractivity contribution in [1.82, 2.24) is 9.88 Å². The predicted octanol–water partition coefficient (Wildman–Crippen LogP) is 2.34. The van der Waals surface area contributed by atoms with E-state index in [0.29, 0.717) is 17.9 Å². The highest BCUT2D eigenvalue weighted by Gasteiger charge is 2.21. The van der Waals surface area contributed by atoms with Gasteiger partial charge in [-0.25, -0.2) is 0 Å². The van der Waals surface area contributed by atoms with Crippen LogP contribution in [0.15, 0.2) is 18.5 Å². The van der Waals surface area contributed by atoms with Crippen molar-refractivity contribution in [3.63, 3.8) is 0 Å². The Labute approximate surface area is 110 Å². The molecule has 0 radical (unpaired) electrons. The van der Waals surface area contributed by atoms with Crippen LogP contribution in [0.5, 0.6) is 5.75 Å². The lowest BCUT2D eigenvalue weighted by Crippen LogP contribution is -2.38. The molecule has 17 heavy (non-hydrogen) atoms. The van der Waals surface area contributed by atoms with Gasteiger partial charge in [0, 0.05) is 24.1 Å². The van der Waals surface area contributed by atoms with Crippen LogP contribution >= 0.6 is 15.9 Å². The number of carbonyl (C=O) groups excluding carboxylic acids is 1. The summed E-state index contributed by atoms with van der Waals surface area (Å²) < 4.78 is 5.15. The Bertz CT molecular complexity index is 383. The maximum Gasteiger partial charge on any atom is 0.257 e. The molecule has 1 amide bonds. The number of carbonyl (C=O) groups is 1. The number of hydrogen-bond acceptors (Lipinski definition) is 3. The number of ether oxygens (including phenoxy) is 1. The molecule has 94 valence electrons. The topological polar surface area (TPSA) is 42.4 Å². The first-order chi connectivity index (χ1) is 8.11. The third kappa shape index (κ3) is 3.43. The molecule has 5 heteroatoms. The Hall–Kier alpha value is -1.10. The molecule has 0 atom stereocenters. The van der Waals surface area contributed by atoms with E-state index in [1.807, 2.05) is 13.8 Å². The summed E-state index contributed by atoms with van der Waals surface area (Å²) in [7, 11) is 1.54. The molecule has 0 unspecified atom stereocenters. The number of methoxy groups -OCH3 is 1. The van der Waals surface area contributed by atoms with Crippen molar-refractivity contribution in [2.45, 2.75) is 19.9 Å². The van der Waals surface area contributed by atoms with E-state index in [1.54, 1.807) is 23.4 Å². The Morgan fingerprint density at radius 2 is 2.29 bits per heavy atom. The van der Waals surface area contributed by atoms with Crippen LogP contribution in [0.2, 0.25) is 0 Å². The van der Waals surface area contributed by atoms with Gasteiger partial charge in [0.05, 0.1) is 18.9 Å². The molecule has 0 spiro atoms. The van der Waals surface area contributed by atoms with Gasteiger partial charge in [-0.15, -0.1) is 0 Å². The summed E-state index contributed by atoms with van der Waals surface area (Å²) in [5.74, 6) is 0.483. The van der Waals surface area contributed by atoms with E-state index in [2.05, 4.69) is 20.9 Å². The molecule has 0 saturated carbocycles. The molecule has 0 saturated heterocycles. The third-order valence-electron chi connectivity index (χ3n) is 2.44. The molecule has 0 fully saturated rings. The zero-order valence-electron chi connectivity index (χ0n) is 10.3. The number of hydrogen-bond donors (Lipinski definition) is 0. The average Bonchev–Trinajstić information content (AvgIpc) is 2.34. The number of nitrogens with zero attached hydrogens (tertiary/aromatic N) is 2. The highest BCUT2D eigenvalue weighted by molar-refractivity contribution is 9.09. The second kappa shape index (κ2) is 6.59. The molecule has 1 aromatic heterocycles. The van der Waals surface area contributed by atoms with Gasteiger partial charge in [-0.3, -0.25) is 9.78 Å². The van der Waals surface area contributed by atoms with E-state index in [1.165, 1.54) is 7.11 Å². The van der Waals surface area contributed by atoms with Gasteiger partial charge < -0.3 is 9.64 Å². The molecule has 0 N–H and O–H groups in total. The van der Waals surface area contributed by atoms with Crippen LogP contribution in [0.3, 0.4) is 0 Å². The molecule has 1 aromatic rings.